The summed E-state index contributed by atoms with van der Waals surface area (Å²) in [6, 6.07) is 11.4. The van der Waals surface area contributed by atoms with Gasteiger partial charge in [-0.15, -0.1) is 11.8 Å². The van der Waals surface area contributed by atoms with E-state index in [0.29, 0.717) is 22.8 Å². The molecule has 4 nitrogen and oxygen atoms in total. The normalized spacial score (nSPS) is 11.1. The molecule has 0 heterocycles. The lowest BCUT2D eigenvalue weighted by atomic mass is 10.1. The Morgan fingerprint density at radius 1 is 0.962 bits per heavy atom. The molecule has 0 amide bonds. The summed E-state index contributed by atoms with van der Waals surface area (Å²) in [5.41, 5.74) is 1.58. The molecule has 0 bridgehead atoms. The molecule has 2 aromatic rings. The number of hydrogen-bond acceptors (Lipinski definition) is 5. The summed E-state index contributed by atoms with van der Waals surface area (Å²) >= 11 is 1.69. The van der Waals surface area contributed by atoms with Crippen LogP contribution in [0.3, 0.4) is 0 Å². The number of ether oxygens (including phenoxy) is 3. The maximum Gasteiger partial charge on any atom is 0.203 e. The Bertz CT molecular complexity index is 800. The van der Waals surface area contributed by atoms with E-state index in [-0.39, 0.29) is 5.78 Å². The van der Waals surface area contributed by atoms with E-state index in [0.717, 1.165) is 5.56 Å². The second-order valence-electron chi connectivity index (χ2n) is 5.24. The number of methoxy groups -OCH3 is 3. The van der Waals surface area contributed by atoms with Crippen molar-refractivity contribution in [1.29, 1.82) is 0 Å². The van der Waals surface area contributed by atoms with Crippen LogP contribution in [0, 0.1) is 0 Å². The number of carbonyl (C=O) groups is 1. The van der Waals surface area contributed by atoms with Crippen LogP contribution in [0.25, 0.3) is 6.08 Å². The quantitative estimate of drug-likeness (QED) is 0.287. The molecular formula is C21H22O4S. The van der Waals surface area contributed by atoms with Crippen molar-refractivity contribution in [1.82, 2.24) is 0 Å². The van der Waals surface area contributed by atoms with Crippen molar-refractivity contribution in [3.63, 3.8) is 0 Å². The van der Waals surface area contributed by atoms with E-state index in [2.05, 4.69) is 6.07 Å². The van der Waals surface area contributed by atoms with Crippen molar-refractivity contribution < 1.29 is 19.0 Å². The number of ketones is 1. The van der Waals surface area contributed by atoms with Gasteiger partial charge in [0.25, 0.3) is 0 Å². The van der Waals surface area contributed by atoms with Gasteiger partial charge in [-0.2, -0.15) is 0 Å². The minimum Gasteiger partial charge on any atom is -0.493 e. The molecule has 0 saturated carbocycles. The van der Waals surface area contributed by atoms with Crippen LogP contribution < -0.4 is 14.2 Å². The molecule has 0 aromatic heterocycles. The maximum absolute atomic E-state index is 12.4. The maximum atomic E-state index is 12.4. The lowest BCUT2D eigenvalue weighted by Crippen LogP contribution is -2.00. The zero-order valence-corrected chi connectivity index (χ0v) is 16.1. The fourth-order valence-corrected chi connectivity index (χ4v) is 3.01. The Morgan fingerprint density at radius 3 is 2.19 bits per heavy atom. The van der Waals surface area contributed by atoms with Gasteiger partial charge in [0.2, 0.25) is 5.75 Å². The van der Waals surface area contributed by atoms with Crippen molar-refractivity contribution in [3.05, 3.63) is 65.8 Å². The smallest absolute Gasteiger partial charge is 0.203 e. The Kier molecular flexibility index (Phi) is 7.36. The largest absolute Gasteiger partial charge is 0.493 e. The first kappa shape index (κ1) is 19.7. The van der Waals surface area contributed by atoms with Crippen LogP contribution in [0.2, 0.25) is 0 Å². The topological polar surface area (TPSA) is 44.8 Å². The van der Waals surface area contributed by atoms with Gasteiger partial charge in [0.1, 0.15) is 0 Å². The molecule has 26 heavy (non-hydrogen) atoms. The van der Waals surface area contributed by atoms with Crippen LogP contribution in [0.1, 0.15) is 15.9 Å². The molecule has 0 aliphatic heterocycles. The predicted molar refractivity (Wildman–Crippen MR) is 107 cm³/mol. The summed E-state index contributed by atoms with van der Waals surface area (Å²) in [6.07, 6.45) is 9.10. The molecule has 136 valence electrons. The van der Waals surface area contributed by atoms with Crippen molar-refractivity contribution >= 4 is 23.6 Å². The fourth-order valence-electron chi connectivity index (χ4n) is 2.43. The highest BCUT2D eigenvalue weighted by Gasteiger charge is 2.15. The number of hydrogen-bond donors (Lipinski definition) is 0. The van der Waals surface area contributed by atoms with Gasteiger partial charge in [-0.05, 0) is 36.1 Å². The molecule has 0 unspecified atom stereocenters. The molecule has 0 aliphatic carbocycles. The third-order valence-electron chi connectivity index (χ3n) is 3.72. The molecule has 0 saturated heterocycles. The summed E-state index contributed by atoms with van der Waals surface area (Å²) in [6.45, 7) is 0. The minimum atomic E-state index is -0.146. The molecular weight excluding hydrogens is 348 g/mol. The Hall–Kier alpha value is -2.66. The summed E-state index contributed by atoms with van der Waals surface area (Å²) in [5, 5.41) is 0. The zero-order valence-electron chi connectivity index (χ0n) is 15.3. The average molecular weight is 370 g/mol. The van der Waals surface area contributed by atoms with Crippen molar-refractivity contribution in [2.45, 2.75) is 4.90 Å². The molecule has 0 atom stereocenters. The third kappa shape index (κ3) is 4.70. The molecule has 5 heteroatoms. The highest BCUT2D eigenvalue weighted by Crippen LogP contribution is 2.38. The van der Waals surface area contributed by atoms with Crippen LogP contribution in [0.15, 0.2) is 59.5 Å². The average Bonchev–Trinajstić information content (AvgIpc) is 2.69. The Balaban J connectivity index is 2.19. The van der Waals surface area contributed by atoms with E-state index in [1.54, 1.807) is 30.0 Å². The van der Waals surface area contributed by atoms with Crippen LogP contribution >= 0.6 is 11.8 Å². The minimum absolute atomic E-state index is 0.146. The molecule has 2 rings (SSSR count). The van der Waals surface area contributed by atoms with Crippen LogP contribution in [-0.4, -0.2) is 33.4 Å². The van der Waals surface area contributed by atoms with E-state index in [1.165, 1.54) is 32.3 Å². The summed E-state index contributed by atoms with van der Waals surface area (Å²) in [5.74, 6) is 1.22. The van der Waals surface area contributed by atoms with E-state index in [4.69, 9.17) is 14.2 Å². The molecule has 0 aliphatic rings. The summed E-state index contributed by atoms with van der Waals surface area (Å²) < 4.78 is 15.8. The molecule has 2 aromatic carbocycles. The first-order valence-corrected chi connectivity index (χ1v) is 9.19. The van der Waals surface area contributed by atoms with Crippen molar-refractivity contribution in [2.75, 3.05) is 27.6 Å². The lowest BCUT2D eigenvalue weighted by molar-refractivity contribution is 0.104. The van der Waals surface area contributed by atoms with Gasteiger partial charge in [-0.3, -0.25) is 4.79 Å². The SMILES string of the molecule is COc1cc(C(=O)/C=C/C=C/c2ccccc2SC)cc(OC)c1OC. The second kappa shape index (κ2) is 9.73. The van der Waals surface area contributed by atoms with Gasteiger partial charge >= 0.3 is 0 Å². The van der Waals surface area contributed by atoms with Gasteiger partial charge in [-0.25, -0.2) is 0 Å². The molecule has 0 radical (unpaired) electrons. The van der Waals surface area contributed by atoms with Crippen LogP contribution in [0.4, 0.5) is 0 Å². The monoisotopic (exact) mass is 370 g/mol. The van der Waals surface area contributed by atoms with Crippen LogP contribution in [0.5, 0.6) is 17.2 Å². The first-order chi connectivity index (χ1) is 12.6. The zero-order chi connectivity index (χ0) is 18.9. The highest BCUT2D eigenvalue weighted by atomic mass is 32.2. The Morgan fingerprint density at radius 2 is 1.62 bits per heavy atom. The number of carbonyl (C=O) groups excluding carboxylic acids is 1. The molecule has 0 fully saturated rings. The fraction of sp³-hybridized carbons (Fsp3) is 0.190. The third-order valence-corrected chi connectivity index (χ3v) is 4.53. The number of benzene rings is 2. The number of thioether (sulfide) groups is 1. The van der Waals surface area contributed by atoms with Gasteiger partial charge in [0.05, 0.1) is 21.3 Å². The number of rotatable bonds is 8. The number of allylic oxidation sites excluding steroid dienone is 3. The highest BCUT2D eigenvalue weighted by molar-refractivity contribution is 7.98. The van der Waals surface area contributed by atoms with Gasteiger partial charge < -0.3 is 14.2 Å². The van der Waals surface area contributed by atoms with Gasteiger partial charge in [0, 0.05) is 10.5 Å². The predicted octanol–water partition coefficient (Wildman–Crippen LogP) is 4.89. The lowest BCUT2D eigenvalue weighted by Gasteiger charge is -2.13. The van der Waals surface area contributed by atoms with E-state index >= 15 is 0 Å². The Labute approximate surface area is 158 Å². The van der Waals surface area contributed by atoms with E-state index in [9.17, 15) is 4.79 Å². The second-order valence-corrected chi connectivity index (χ2v) is 6.09. The first-order valence-electron chi connectivity index (χ1n) is 7.96. The van der Waals surface area contributed by atoms with Gasteiger partial charge in [-0.1, -0.05) is 36.4 Å². The van der Waals surface area contributed by atoms with E-state index in [1.807, 2.05) is 36.6 Å². The van der Waals surface area contributed by atoms with E-state index < -0.39 is 0 Å². The standard InChI is InChI=1S/C21H22O4S/c1-23-18-13-16(14-19(24-2)21(18)25-3)17(22)11-7-5-9-15-10-6-8-12-20(15)26-4/h5-14H,1-4H3/b9-5+,11-7+. The van der Waals surface area contributed by atoms with Gasteiger partial charge in [0.15, 0.2) is 17.3 Å². The molecule has 0 N–H and O–H groups in total. The summed E-state index contributed by atoms with van der Waals surface area (Å²) in [4.78, 5) is 13.6. The summed E-state index contributed by atoms with van der Waals surface area (Å²) in [7, 11) is 4.57. The van der Waals surface area contributed by atoms with Crippen molar-refractivity contribution in [3.8, 4) is 17.2 Å². The van der Waals surface area contributed by atoms with Crippen molar-refractivity contribution in [2.24, 2.45) is 0 Å². The van der Waals surface area contributed by atoms with Crippen LogP contribution in [-0.2, 0) is 0 Å². The molecule has 0 spiro atoms.